The highest BCUT2D eigenvalue weighted by Gasteiger charge is 2.20. The summed E-state index contributed by atoms with van der Waals surface area (Å²) < 4.78 is 22.3. The molecule has 0 unspecified atom stereocenters. The molecule has 9 nitrogen and oxygen atoms in total. The molecule has 0 bridgehead atoms. The third-order valence-corrected chi connectivity index (χ3v) is 6.57. The molecular weight excluding hydrogens is 546 g/mol. The molecule has 1 amide bonds. The van der Waals surface area contributed by atoms with Crippen molar-refractivity contribution < 1.29 is 28.5 Å². The first-order valence-electron chi connectivity index (χ1n) is 13.8. The molecule has 9 heteroatoms. The second kappa shape index (κ2) is 13.4. The smallest absolute Gasteiger partial charge is 0.343 e. The Morgan fingerprint density at radius 3 is 2.35 bits per heavy atom. The van der Waals surface area contributed by atoms with Crippen molar-refractivity contribution in [2.45, 2.75) is 13.8 Å². The zero-order valence-corrected chi connectivity index (χ0v) is 24.0. The number of aromatic nitrogens is 1. The van der Waals surface area contributed by atoms with Crippen molar-refractivity contribution in [3.63, 3.8) is 0 Å². The minimum absolute atomic E-state index is 0.278. The fraction of sp³-hybridized carbons (Fsp3) is 0.147. The molecular formula is C34H31N3O6. The van der Waals surface area contributed by atoms with Gasteiger partial charge in [0, 0.05) is 22.0 Å². The number of nitrogens with zero attached hydrogens (tertiary/aromatic N) is 1. The van der Waals surface area contributed by atoms with Gasteiger partial charge in [0.25, 0.3) is 5.91 Å². The predicted octanol–water partition coefficient (Wildman–Crippen LogP) is 6.62. The van der Waals surface area contributed by atoms with Gasteiger partial charge in [-0.15, -0.1) is 0 Å². The molecule has 1 aromatic heterocycles. The molecule has 5 rings (SSSR count). The Kier molecular flexibility index (Phi) is 9.02. The van der Waals surface area contributed by atoms with Crippen molar-refractivity contribution in [2.24, 2.45) is 5.10 Å². The van der Waals surface area contributed by atoms with Crippen LogP contribution in [0.3, 0.4) is 0 Å². The molecule has 0 fully saturated rings. The van der Waals surface area contributed by atoms with E-state index in [1.165, 1.54) is 6.21 Å². The Bertz CT molecular complexity index is 1780. The maximum Gasteiger partial charge on any atom is 0.343 e. The molecule has 0 aliphatic heterocycles. The van der Waals surface area contributed by atoms with Gasteiger partial charge in [0.05, 0.1) is 32.1 Å². The summed E-state index contributed by atoms with van der Waals surface area (Å²) in [6, 6.07) is 27.0. The molecule has 0 radical (unpaired) electrons. The first-order chi connectivity index (χ1) is 21.0. The zero-order chi connectivity index (χ0) is 30.2. The summed E-state index contributed by atoms with van der Waals surface area (Å²) in [4.78, 5) is 29.6. The van der Waals surface area contributed by atoms with E-state index in [-0.39, 0.29) is 5.75 Å². The van der Waals surface area contributed by atoms with Crippen LogP contribution in [-0.2, 0) is 0 Å². The van der Waals surface area contributed by atoms with Crippen molar-refractivity contribution in [2.75, 3.05) is 20.3 Å². The Labute approximate surface area is 249 Å². The Morgan fingerprint density at radius 1 is 0.837 bits per heavy atom. The van der Waals surface area contributed by atoms with E-state index < -0.39 is 11.9 Å². The van der Waals surface area contributed by atoms with Gasteiger partial charge in [-0.05, 0) is 67.9 Å². The number of hydrogen-bond donors (Lipinski definition) is 2. The van der Waals surface area contributed by atoms with Crippen LogP contribution in [0.5, 0.6) is 23.0 Å². The molecule has 0 saturated heterocycles. The molecule has 5 aromatic rings. The predicted molar refractivity (Wildman–Crippen MR) is 166 cm³/mol. The number of carbonyl (C=O) groups excluding carboxylic acids is 2. The number of benzene rings is 4. The van der Waals surface area contributed by atoms with E-state index in [4.69, 9.17) is 18.9 Å². The number of fused-ring (bicyclic) bond motifs is 1. The fourth-order valence-electron chi connectivity index (χ4n) is 4.61. The van der Waals surface area contributed by atoms with E-state index in [2.05, 4.69) is 15.5 Å². The highest BCUT2D eigenvalue weighted by molar-refractivity contribution is 6.10. The maximum absolute atomic E-state index is 13.4. The zero-order valence-electron chi connectivity index (χ0n) is 24.0. The average molecular weight is 578 g/mol. The minimum atomic E-state index is -0.574. The van der Waals surface area contributed by atoms with Gasteiger partial charge in [-0.3, -0.25) is 4.79 Å². The highest BCUT2D eigenvalue weighted by atomic mass is 16.5. The normalized spacial score (nSPS) is 11.0. The molecule has 218 valence electrons. The first-order valence-corrected chi connectivity index (χ1v) is 13.8. The van der Waals surface area contributed by atoms with Gasteiger partial charge in [0.2, 0.25) is 0 Å². The third-order valence-electron chi connectivity index (χ3n) is 6.57. The standard InChI is InChI=1S/C34H31N3O6/c1-4-41-29-18-15-23(19-30(29)42-5-2)34(39)43-28-14-10-9-13-24(28)21-35-37-33(38)32-31(22-11-7-6-8-12-22)26-20-25(40-3)16-17-27(26)36-32/h6-21,36H,4-5H2,1-3H3,(H,37,38). The molecule has 0 spiro atoms. The number of carbonyl (C=O) groups is 2. The van der Waals surface area contributed by atoms with Crippen LogP contribution in [0.15, 0.2) is 96.1 Å². The van der Waals surface area contributed by atoms with Gasteiger partial charge in [0.1, 0.15) is 17.2 Å². The highest BCUT2D eigenvalue weighted by Crippen LogP contribution is 2.35. The van der Waals surface area contributed by atoms with Gasteiger partial charge in [-0.25, -0.2) is 10.2 Å². The van der Waals surface area contributed by atoms with Gasteiger partial charge in [-0.1, -0.05) is 42.5 Å². The van der Waals surface area contributed by atoms with Crippen molar-refractivity contribution in [1.29, 1.82) is 0 Å². The number of hydrogen-bond acceptors (Lipinski definition) is 7. The maximum atomic E-state index is 13.4. The van der Waals surface area contributed by atoms with Crippen LogP contribution >= 0.6 is 0 Å². The van der Waals surface area contributed by atoms with E-state index in [9.17, 15) is 9.59 Å². The van der Waals surface area contributed by atoms with Gasteiger partial charge >= 0.3 is 5.97 Å². The third kappa shape index (κ3) is 6.51. The van der Waals surface area contributed by atoms with Crippen LogP contribution < -0.4 is 24.4 Å². The first kappa shape index (κ1) is 28.9. The van der Waals surface area contributed by atoms with Crippen molar-refractivity contribution >= 4 is 29.0 Å². The van der Waals surface area contributed by atoms with Crippen LogP contribution in [0, 0.1) is 0 Å². The minimum Gasteiger partial charge on any atom is -0.497 e. The summed E-state index contributed by atoms with van der Waals surface area (Å²) in [5, 5.41) is 5.02. The van der Waals surface area contributed by atoms with Crippen LogP contribution in [0.25, 0.3) is 22.0 Å². The lowest BCUT2D eigenvalue weighted by Crippen LogP contribution is -2.19. The van der Waals surface area contributed by atoms with E-state index >= 15 is 0 Å². The van der Waals surface area contributed by atoms with E-state index in [1.807, 2.05) is 62.4 Å². The fourth-order valence-corrected chi connectivity index (χ4v) is 4.61. The number of hydrazone groups is 1. The summed E-state index contributed by atoms with van der Waals surface area (Å²) in [6.07, 6.45) is 1.43. The molecule has 0 saturated carbocycles. The van der Waals surface area contributed by atoms with E-state index in [0.29, 0.717) is 47.3 Å². The molecule has 43 heavy (non-hydrogen) atoms. The summed E-state index contributed by atoms with van der Waals surface area (Å²) in [6.45, 7) is 4.62. The van der Waals surface area contributed by atoms with Crippen LogP contribution in [-0.4, -0.2) is 43.4 Å². The summed E-state index contributed by atoms with van der Waals surface area (Å²) in [5.41, 5.74) is 6.14. The quantitative estimate of drug-likeness (QED) is 0.0790. The number of H-pyrrole nitrogens is 1. The molecule has 0 aliphatic rings. The SMILES string of the molecule is CCOc1ccc(C(=O)Oc2ccccc2C=NNC(=O)c2[nH]c3ccc(OC)cc3c2-c2ccccc2)cc1OCC. The monoisotopic (exact) mass is 577 g/mol. The summed E-state index contributed by atoms with van der Waals surface area (Å²) in [7, 11) is 1.60. The van der Waals surface area contributed by atoms with Gasteiger partial charge in [-0.2, -0.15) is 5.10 Å². The second-order valence-electron chi connectivity index (χ2n) is 9.31. The number of esters is 1. The number of methoxy groups -OCH3 is 1. The van der Waals surface area contributed by atoms with E-state index in [1.54, 1.807) is 49.6 Å². The Morgan fingerprint density at radius 2 is 1.58 bits per heavy atom. The van der Waals surface area contributed by atoms with Crippen LogP contribution in [0.2, 0.25) is 0 Å². The number of amides is 1. The number of aromatic amines is 1. The second-order valence-corrected chi connectivity index (χ2v) is 9.31. The summed E-state index contributed by atoms with van der Waals surface area (Å²) >= 11 is 0. The molecule has 1 heterocycles. The molecule has 0 aliphatic carbocycles. The number of rotatable bonds is 11. The Balaban J connectivity index is 1.36. The number of nitrogens with one attached hydrogen (secondary N) is 2. The lowest BCUT2D eigenvalue weighted by atomic mass is 10.0. The molecule has 2 N–H and O–H groups in total. The van der Waals surface area contributed by atoms with Crippen molar-refractivity contribution in [3.05, 3.63) is 108 Å². The van der Waals surface area contributed by atoms with Gasteiger partial charge < -0.3 is 23.9 Å². The lowest BCUT2D eigenvalue weighted by molar-refractivity contribution is 0.0733. The largest absolute Gasteiger partial charge is 0.497 e. The lowest BCUT2D eigenvalue weighted by Gasteiger charge is -2.12. The topological polar surface area (TPSA) is 111 Å². The van der Waals surface area contributed by atoms with Crippen molar-refractivity contribution in [3.8, 4) is 34.1 Å². The van der Waals surface area contributed by atoms with E-state index in [0.717, 1.165) is 22.0 Å². The number of para-hydroxylation sites is 1. The van der Waals surface area contributed by atoms with Crippen LogP contribution in [0.4, 0.5) is 0 Å². The average Bonchev–Trinajstić information content (AvgIpc) is 3.42. The van der Waals surface area contributed by atoms with Crippen molar-refractivity contribution in [1.82, 2.24) is 10.4 Å². The van der Waals surface area contributed by atoms with Gasteiger partial charge in [0.15, 0.2) is 11.5 Å². The molecule has 0 atom stereocenters. The number of ether oxygens (including phenoxy) is 4. The van der Waals surface area contributed by atoms with Crippen LogP contribution in [0.1, 0.15) is 40.3 Å². The molecule has 4 aromatic carbocycles. The Hall–Kier alpha value is -5.57. The summed E-state index contributed by atoms with van der Waals surface area (Å²) in [5.74, 6) is 0.960.